The van der Waals surface area contributed by atoms with Crippen molar-refractivity contribution in [3.05, 3.63) is 23.8 Å². The van der Waals surface area contributed by atoms with Crippen LogP contribution in [0.2, 0.25) is 0 Å². The molecule has 1 aromatic rings. The third-order valence-electron chi connectivity index (χ3n) is 4.65. The molecule has 0 N–H and O–H groups in total. The number of alkyl halides is 2. The number of benzene rings is 1. The van der Waals surface area contributed by atoms with Crippen LogP contribution in [0.5, 0.6) is 5.75 Å². The molecule has 1 aliphatic heterocycles. The molecule has 1 saturated heterocycles. The van der Waals surface area contributed by atoms with Crippen LogP contribution >= 0.6 is 0 Å². The van der Waals surface area contributed by atoms with Gasteiger partial charge in [0.1, 0.15) is 5.75 Å². The van der Waals surface area contributed by atoms with E-state index in [0.717, 1.165) is 44.0 Å². The lowest BCUT2D eigenvalue weighted by Crippen LogP contribution is -2.46. The Labute approximate surface area is 144 Å². The lowest BCUT2D eigenvalue weighted by molar-refractivity contribution is -0.0505. The van der Waals surface area contributed by atoms with Crippen molar-refractivity contribution in [2.24, 2.45) is 0 Å². The Morgan fingerprint density at radius 1 is 1.08 bits per heavy atom. The lowest BCUT2D eigenvalue weighted by Gasteiger charge is -2.36. The fourth-order valence-electron chi connectivity index (χ4n) is 3.21. The minimum absolute atomic E-state index is 0.156. The topological polar surface area (TPSA) is 15.7 Å². The first-order valence-corrected chi connectivity index (χ1v) is 9.07. The van der Waals surface area contributed by atoms with Crippen LogP contribution in [-0.4, -0.2) is 44.2 Å². The minimum atomic E-state index is -2.78. The van der Waals surface area contributed by atoms with Crippen LogP contribution in [0.3, 0.4) is 0 Å². The predicted octanol–water partition coefficient (Wildman–Crippen LogP) is 4.72. The summed E-state index contributed by atoms with van der Waals surface area (Å²) in [5, 5.41) is 0. The van der Waals surface area contributed by atoms with Gasteiger partial charge in [0.25, 0.3) is 0 Å². The van der Waals surface area contributed by atoms with Crippen LogP contribution in [0.4, 0.5) is 14.5 Å². The average molecular weight is 340 g/mol. The van der Waals surface area contributed by atoms with Gasteiger partial charge < -0.3 is 9.64 Å². The average Bonchev–Trinajstić information content (AvgIpc) is 2.55. The maximum atomic E-state index is 12.7. The van der Waals surface area contributed by atoms with Crippen molar-refractivity contribution in [3.63, 3.8) is 0 Å². The number of nitrogens with zero attached hydrogens (tertiary/aromatic N) is 2. The second-order valence-electron chi connectivity index (χ2n) is 6.79. The van der Waals surface area contributed by atoms with Crippen LogP contribution in [0.25, 0.3) is 0 Å². The van der Waals surface area contributed by atoms with E-state index >= 15 is 0 Å². The summed E-state index contributed by atoms with van der Waals surface area (Å²) in [4.78, 5) is 4.75. The van der Waals surface area contributed by atoms with Gasteiger partial charge in [-0.1, -0.05) is 39.7 Å². The zero-order chi connectivity index (χ0) is 17.5. The second kappa shape index (κ2) is 9.21. The van der Waals surface area contributed by atoms with E-state index in [4.69, 9.17) is 4.74 Å². The smallest absolute Gasteiger partial charge is 0.387 e. The van der Waals surface area contributed by atoms with E-state index in [-0.39, 0.29) is 5.92 Å². The SMILES string of the molecule is CCCCCN1CCN(c2ccc(C(C)C)c(OC(F)F)c2)CC1. The molecular weight excluding hydrogens is 310 g/mol. The Balaban J connectivity index is 1.99. The van der Waals surface area contributed by atoms with E-state index in [9.17, 15) is 8.78 Å². The van der Waals surface area contributed by atoms with E-state index in [2.05, 4.69) is 16.7 Å². The molecule has 0 saturated carbocycles. The molecule has 2 rings (SSSR count). The van der Waals surface area contributed by atoms with Crippen LogP contribution in [0.15, 0.2) is 18.2 Å². The Morgan fingerprint density at radius 3 is 2.38 bits per heavy atom. The largest absolute Gasteiger partial charge is 0.434 e. The summed E-state index contributed by atoms with van der Waals surface area (Å²) in [7, 11) is 0. The van der Waals surface area contributed by atoms with Gasteiger partial charge in [-0.2, -0.15) is 8.78 Å². The number of unbranched alkanes of at least 4 members (excludes halogenated alkanes) is 2. The zero-order valence-corrected chi connectivity index (χ0v) is 15.1. The highest BCUT2D eigenvalue weighted by Crippen LogP contribution is 2.32. The van der Waals surface area contributed by atoms with E-state index in [1.165, 1.54) is 19.3 Å². The summed E-state index contributed by atoms with van der Waals surface area (Å²) >= 11 is 0. The maximum absolute atomic E-state index is 12.7. The van der Waals surface area contributed by atoms with Gasteiger partial charge in [-0.05, 0) is 30.5 Å². The van der Waals surface area contributed by atoms with Crippen LogP contribution < -0.4 is 9.64 Å². The fourth-order valence-corrected chi connectivity index (χ4v) is 3.21. The summed E-state index contributed by atoms with van der Waals surface area (Å²) in [6.07, 6.45) is 3.78. The second-order valence-corrected chi connectivity index (χ2v) is 6.79. The van der Waals surface area contributed by atoms with Crippen molar-refractivity contribution in [1.29, 1.82) is 0 Å². The van der Waals surface area contributed by atoms with E-state index < -0.39 is 6.61 Å². The van der Waals surface area contributed by atoms with Gasteiger partial charge in [-0.3, -0.25) is 4.90 Å². The first kappa shape index (κ1) is 19.0. The van der Waals surface area contributed by atoms with Crippen molar-refractivity contribution in [2.75, 3.05) is 37.6 Å². The number of piperazine rings is 1. The van der Waals surface area contributed by atoms with Crippen molar-refractivity contribution in [2.45, 2.75) is 52.6 Å². The number of anilines is 1. The molecule has 1 fully saturated rings. The summed E-state index contributed by atoms with van der Waals surface area (Å²) in [5.74, 6) is 0.464. The molecule has 0 amide bonds. The van der Waals surface area contributed by atoms with Gasteiger partial charge in [0, 0.05) is 37.9 Å². The van der Waals surface area contributed by atoms with Crippen molar-refractivity contribution >= 4 is 5.69 Å². The maximum Gasteiger partial charge on any atom is 0.387 e. The Bertz CT molecular complexity index is 500. The minimum Gasteiger partial charge on any atom is -0.434 e. The van der Waals surface area contributed by atoms with Crippen LogP contribution in [0, 0.1) is 0 Å². The molecule has 24 heavy (non-hydrogen) atoms. The highest BCUT2D eigenvalue weighted by atomic mass is 19.3. The number of hydrogen-bond donors (Lipinski definition) is 0. The fraction of sp³-hybridized carbons (Fsp3) is 0.684. The molecule has 1 aromatic carbocycles. The van der Waals surface area contributed by atoms with Crippen LogP contribution in [-0.2, 0) is 0 Å². The van der Waals surface area contributed by atoms with Crippen molar-refractivity contribution < 1.29 is 13.5 Å². The van der Waals surface area contributed by atoms with Crippen LogP contribution in [0.1, 0.15) is 51.5 Å². The number of hydrogen-bond acceptors (Lipinski definition) is 3. The molecule has 0 radical (unpaired) electrons. The Hall–Kier alpha value is -1.36. The molecule has 136 valence electrons. The summed E-state index contributed by atoms with van der Waals surface area (Å²) in [5.41, 5.74) is 1.81. The number of ether oxygens (including phenoxy) is 1. The molecule has 5 heteroatoms. The quantitative estimate of drug-likeness (QED) is 0.637. The van der Waals surface area contributed by atoms with E-state index in [1.54, 1.807) is 6.07 Å². The third-order valence-corrected chi connectivity index (χ3v) is 4.65. The zero-order valence-electron chi connectivity index (χ0n) is 15.1. The number of rotatable bonds is 8. The van der Waals surface area contributed by atoms with Gasteiger partial charge in [-0.15, -0.1) is 0 Å². The van der Waals surface area contributed by atoms with Crippen molar-refractivity contribution in [3.8, 4) is 5.75 Å². The summed E-state index contributed by atoms with van der Waals surface area (Å²) in [6.45, 7) is 8.49. The first-order valence-electron chi connectivity index (χ1n) is 9.07. The predicted molar refractivity (Wildman–Crippen MR) is 95.3 cm³/mol. The van der Waals surface area contributed by atoms with Gasteiger partial charge in [0.15, 0.2) is 0 Å². The molecule has 1 heterocycles. The van der Waals surface area contributed by atoms with Crippen molar-refractivity contribution in [1.82, 2.24) is 4.90 Å². The van der Waals surface area contributed by atoms with Gasteiger partial charge in [0.2, 0.25) is 0 Å². The highest BCUT2D eigenvalue weighted by molar-refractivity contribution is 5.55. The molecule has 0 unspecified atom stereocenters. The van der Waals surface area contributed by atoms with Gasteiger partial charge >= 0.3 is 6.61 Å². The highest BCUT2D eigenvalue weighted by Gasteiger charge is 2.19. The molecule has 3 nitrogen and oxygen atoms in total. The third kappa shape index (κ3) is 5.33. The van der Waals surface area contributed by atoms with E-state index in [1.807, 2.05) is 26.0 Å². The van der Waals surface area contributed by atoms with Gasteiger partial charge in [0.05, 0.1) is 0 Å². The first-order chi connectivity index (χ1) is 11.5. The molecular formula is C19H30F2N2O. The van der Waals surface area contributed by atoms with E-state index in [0.29, 0.717) is 5.75 Å². The summed E-state index contributed by atoms with van der Waals surface area (Å²) < 4.78 is 30.1. The Kier molecular flexibility index (Phi) is 7.28. The monoisotopic (exact) mass is 340 g/mol. The molecule has 1 aliphatic rings. The molecule has 0 aliphatic carbocycles. The summed E-state index contributed by atoms with van der Waals surface area (Å²) in [6, 6.07) is 5.72. The normalized spacial score (nSPS) is 16.2. The number of halogens is 2. The van der Waals surface area contributed by atoms with Gasteiger partial charge in [-0.25, -0.2) is 0 Å². The molecule has 0 aromatic heterocycles. The molecule has 0 bridgehead atoms. The standard InChI is InChI=1S/C19H30F2N2O/c1-4-5-6-9-22-10-12-23(13-11-22)16-7-8-17(15(2)3)18(14-16)24-19(20)21/h7-8,14-15,19H,4-6,9-13H2,1-3H3. The molecule has 0 spiro atoms. The molecule has 0 atom stereocenters. The lowest BCUT2D eigenvalue weighted by atomic mass is 10.0. The Morgan fingerprint density at radius 2 is 1.79 bits per heavy atom.